The van der Waals surface area contributed by atoms with Crippen LogP contribution in [-0.4, -0.2) is 92.2 Å². The maximum absolute atomic E-state index is 15.7. The number of phenolic OH excluding ortho intramolecular Hbond substituents is 3. The number of rotatable bonds is 7. The first kappa shape index (κ1) is 64.8. The van der Waals surface area contributed by atoms with E-state index >= 15 is 4.79 Å². The predicted octanol–water partition coefficient (Wildman–Crippen LogP) is 13.4. The summed E-state index contributed by atoms with van der Waals surface area (Å²) < 4.78 is 5.72. The first-order valence-electron chi connectivity index (χ1n) is 34.5. The van der Waals surface area contributed by atoms with Crippen molar-refractivity contribution >= 4 is 28.0 Å². The Morgan fingerprint density at radius 3 is 2.38 bits per heavy atom. The summed E-state index contributed by atoms with van der Waals surface area (Å²) in [5.41, 5.74) is 9.00. The molecule has 2 aliphatic heterocycles. The van der Waals surface area contributed by atoms with Crippen molar-refractivity contribution in [3.05, 3.63) is 171 Å². The number of benzene rings is 5. The number of aliphatic hydroxyl groups excluding tert-OH is 3. The first-order chi connectivity index (χ1) is 44.6. The number of methoxy groups -OCH3 is 1. The van der Waals surface area contributed by atoms with Crippen molar-refractivity contribution in [1.82, 2.24) is 15.6 Å². The van der Waals surface area contributed by atoms with E-state index in [0.29, 0.717) is 68.1 Å². The molecule has 6 aromatic rings. The monoisotopic (exact) mass is 1240 g/mol. The minimum absolute atomic E-state index is 0.0373. The number of phenols is 3. The molecule has 92 heavy (non-hydrogen) atoms. The van der Waals surface area contributed by atoms with Crippen LogP contribution < -0.4 is 20.7 Å². The molecule has 0 radical (unpaired) electrons. The summed E-state index contributed by atoms with van der Waals surface area (Å²) in [6, 6.07) is 31.8. The van der Waals surface area contributed by atoms with Crippen molar-refractivity contribution < 1.29 is 45.0 Å². The van der Waals surface area contributed by atoms with Gasteiger partial charge in [0, 0.05) is 72.7 Å². The smallest absolute Gasteiger partial charge is 0.173 e. The van der Waals surface area contributed by atoms with E-state index in [9.17, 15) is 35.4 Å². The number of aliphatic hydroxyl groups is 3. The molecular weight excluding hydrogens is 1150 g/mol. The standard InChI is InChI=1S/C79H96N4O9/c1-5-12-64-58-35-51(32-50-27-30-81-74(37-50)83-60-24-21-52-17-20-57(75(88)69(52)42-60)38-62(85)46-80-44-48(3)59-41-73(82-45-59)79(78(64)91)28-9-6-10-29-79)34-55-22-25-66(67-43-71(87)72(92-4)40-56(67)23-26-70(86)77(90)76(89)68(55)39-58)65-16-8-7-15-63(65)54-19-18-53(47(2)31-54)33-49-13-11-14-61(84)36-49/h7-8,11,13-17,20-21,24,27,36-37,40-43,45,47-48,51,53-55,58,62,64,66,68,77-78,80-85,87-88,90-91H,5-6,9-10,12,18-19,23,26,28-35,38-39,44,46H2,1-4H3/t47-,48+,51+,53+,54-,55-,58+,62+,64+,66-,68+,77-,78-/m0/s1. The number of fused-ring (bicyclic) bond motifs is 10. The largest absolute Gasteiger partial charge is 0.508 e. The number of dihydropyridines is 1. The van der Waals surface area contributed by atoms with E-state index in [0.717, 1.165) is 127 Å². The normalized spacial score (nSPS) is 29.0. The van der Waals surface area contributed by atoms with Crippen LogP contribution in [0.15, 0.2) is 127 Å². The zero-order valence-corrected chi connectivity index (χ0v) is 54.2. The van der Waals surface area contributed by atoms with Crippen molar-refractivity contribution in [3.63, 3.8) is 0 Å². The third kappa shape index (κ3) is 14.0. The second-order valence-electron chi connectivity index (χ2n) is 28.4. The Morgan fingerprint density at radius 1 is 0.772 bits per heavy atom. The molecule has 0 saturated heterocycles. The van der Waals surface area contributed by atoms with E-state index in [1.54, 1.807) is 18.2 Å². The molecule has 3 heterocycles. The molecule has 13 nitrogen and oxygen atoms in total. The molecular formula is C79H96N4O9. The molecule has 1 spiro atoms. The average molecular weight is 1250 g/mol. The van der Waals surface area contributed by atoms with Gasteiger partial charge in [0.05, 0.1) is 25.2 Å². The van der Waals surface area contributed by atoms with Gasteiger partial charge in [-0.25, -0.2) is 0 Å². The molecule has 3 fully saturated rings. The van der Waals surface area contributed by atoms with Crippen LogP contribution in [0.2, 0.25) is 0 Å². The quantitative estimate of drug-likeness (QED) is 0.0534. The Kier molecular flexibility index (Phi) is 20.0. The van der Waals surface area contributed by atoms with E-state index in [4.69, 9.17) is 4.74 Å². The number of hydrogen-bond acceptors (Lipinski definition) is 12. The van der Waals surface area contributed by atoms with E-state index in [-0.39, 0.29) is 71.9 Å². The molecule has 3 saturated carbocycles. The van der Waals surface area contributed by atoms with Gasteiger partial charge in [0.2, 0.25) is 0 Å². The predicted molar refractivity (Wildman–Crippen MR) is 363 cm³/mol. The van der Waals surface area contributed by atoms with Crippen molar-refractivity contribution in [3.8, 4) is 34.8 Å². The lowest BCUT2D eigenvalue weighted by Gasteiger charge is -2.46. The van der Waals surface area contributed by atoms with Crippen molar-refractivity contribution in [2.24, 2.45) is 41.4 Å². The highest BCUT2D eigenvalue weighted by atomic mass is 16.5. The third-order valence-electron chi connectivity index (χ3n) is 22.4. The number of anilines is 1. The number of ether oxygens (including phenoxy) is 1. The minimum Gasteiger partial charge on any atom is -0.508 e. The molecule has 4 aliphatic carbocycles. The molecule has 1 aromatic heterocycles. The summed E-state index contributed by atoms with van der Waals surface area (Å²) >= 11 is 0. The van der Waals surface area contributed by atoms with Gasteiger partial charge >= 0.3 is 0 Å². The number of aryl methyl sites for hydroxylation is 1. The van der Waals surface area contributed by atoms with Crippen LogP contribution in [0.25, 0.3) is 10.8 Å². The van der Waals surface area contributed by atoms with Gasteiger partial charge in [-0.2, -0.15) is 0 Å². The Balaban J connectivity index is 0.974. The number of H-pyrrole nitrogens is 1. The molecule has 5 aromatic carbocycles. The third-order valence-corrected chi connectivity index (χ3v) is 22.4. The topological polar surface area (TPSA) is 217 Å². The second kappa shape index (κ2) is 28.5. The Labute approximate surface area is 543 Å². The summed E-state index contributed by atoms with van der Waals surface area (Å²) in [5, 5.41) is 83.5. The molecule has 9 bridgehead atoms. The number of aromatic amines is 1. The molecule has 0 unspecified atom stereocenters. The Hall–Kier alpha value is -7.34. The summed E-state index contributed by atoms with van der Waals surface area (Å²) in [6.07, 6.45) is 15.6. The van der Waals surface area contributed by atoms with Crippen LogP contribution >= 0.6 is 0 Å². The lowest BCUT2D eigenvalue weighted by molar-refractivity contribution is -0.142. The van der Waals surface area contributed by atoms with Gasteiger partial charge in [0.25, 0.3) is 0 Å². The van der Waals surface area contributed by atoms with Gasteiger partial charge in [-0.05, 0) is 217 Å². The molecule has 486 valence electrons. The number of Topliss-reactive ketones (excluding diaryl/α,β-unsaturated/α-hetero) is 2. The van der Waals surface area contributed by atoms with Crippen molar-refractivity contribution in [1.29, 1.82) is 0 Å². The zero-order chi connectivity index (χ0) is 64.2. The summed E-state index contributed by atoms with van der Waals surface area (Å²) in [5.74, 6) is 6.81. The SMILES string of the molecule is CCC[C@@H]1[C@@H]2C[C@H](CC3=CCNC(=C3)Nc3ccc4ccc(c(O)c4c3)C[C@@H](O)CNC[C@@H](C)c3c[nH]c(c3)C3(CCCCC3)[C@H]1O)C[C@@H]1C#C[C@@H](c3ccccc3[C@H]3CC[C@H](Cc4cccc(O)c4)[C@@H](C)C3)c3cc(O)c(OC)cc3CCC(=O)[C@H](O)C(=O)[C@@H]1C2. The lowest BCUT2D eigenvalue weighted by Crippen LogP contribution is -2.48. The fraction of sp³-hybridized carbons (Fsp3) is 0.494. The summed E-state index contributed by atoms with van der Waals surface area (Å²) in [7, 11) is 1.51. The lowest BCUT2D eigenvalue weighted by atomic mass is 9.61. The van der Waals surface area contributed by atoms with E-state index in [1.807, 2.05) is 42.5 Å². The fourth-order valence-corrected chi connectivity index (χ4v) is 17.4. The molecule has 0 amide bonds. The van der Waals surface area contributed by atoms with Crippen molar-refractivity contribution in [2.75, 3.05) is 32.1 Å². The molecule has 12 rings (SSSR count). The number of allylic oxidation sites excluding steroid dienone is 2. The van der Waals surface area contributed by atoms with Gasteiger partial charge in [-0.15, -0.1) is 0 Å². The van der Waals surface area contributed by atoms with Crippen molar-refractivity contribution in [2.45, 2.75) is 178 Å². The highest BCUT2D eigenvalue weighted by Gasteiger charge is 2.50. The summed E-state index contributed by atoms with van der Waals surface area (Å²) in [6.45, 7) is 8.22. The number of aromatic hydroxyl groups is 3. The fourth-order valence-electron chi connectivity index (χ4n) is 17.4. The van der Waals surface area contributed by atoms with E-state index < -0.39 is 53.0 Å². The number of carbonyl (C=O) groups excluding carboxylic acids is 2. The maximum atomic E-state index is 15.7. The zero-order valence-electron chi connectivity index (χ0n) is 54.2. The Morgan fingerprint density at radius 2 is 1.59 bits per heavy atom. The highest BCUT2D eigenvalue weighted by Crippen LogP contribution is 2.52. The average Bonchev–Trinajstić information content (AvgIpc) is 1.44. The summed E-state index contributed by atoms with van der Waals surface area (Å²) in [4.78, 5) is 34.1. The molecule has 13 heteroatoms. The number of nitrogens with one attached hydrogen (secondary N) is 4. The maximum Gasteiger partial charge on any atom is 0.173 e. The second-order valence-corrected chi connectivity index (χ2v) is 28.4. The molecule has 13 atom stereocenters. The number of carbonyl (C=O) groups is 2. The number of hydrogen-bond donors (Lipinski definition) is 10. The van der Waals surface area contributed by atoms with Gasteiger partial charge < -0.3 is 56.3 Å². The van der Waals surface area contributed by atoms with Gasteiger partial charge in [0.1, 0.15) is 17.3 Å². The van der Waals surface area contributed by atoms with Crippen LogP contribution in [0.3, 0.4) is 0 Å². The van der Waals surface area contributed by atoms with Gasteiger partial charge in [-0.3, -0.25) is 9.59 Å². The highest BCUT2D eigenvalue weighted by molar-refractivity contribution is 6.06. The molecule has 6 aliphatic rings. The minimum atomic E-state index is -1.87. The van der Waals surface area contributed by atoms with E-state index in [2.05, 4.69) is 108 Å². The van der Waals surface area contributed by atoms with Crippen LogP contribution in [-0.2, 0) is 34.3 Å². The number of aromatic nitrogens is 1. The van der Waals surface area contributed by atoms with Crippen LogP contribution in [0.4, 0.5) is 5.69 Å². The first-order valence-corrected chi connectivity index (χ1v) is 34.5. The van der Waals surface area contributed by atoms with Crippen LogP contribution in [0, 0.1) is 53.3 Å². The van der Waals surface area contributed by atoms with Crippen LogP contribution in [0.5, 0.6) is 23.0 Å². The molecule has 10 N–H and O–H groups in total. The number of ketones is 2. The van der Waals surface area contributed by atoms with E-state index in [1.165, 1.54) is 12.7 Å². The Bertz CT molecular complexity index is 3750. The van der Waals surface area contributed by atoms with Crippen LogP contribution in [0.1, 0.15) is 179 Å². The van der Waals surface area contributed by atoms with Gasteiger partial charge in [0.15, 0.2) is 29.2 Å². The van der Waals surface area contributed by atoms with Gasteiger partial charge in [-0.1, -0.05) is 119 Å². The number of β-amino-alcohol motifs (C(OH)–C–C–N with tert-alkyl or cyclic N) is 1.